The van der Waals surface area contributed by atoms with Gasteiger partial charge in [-0.25, -0.2) is 8.42 Å². The van der Waals surface area contributed by atoms with E-state index in [2.05, 4.69) is 9.71 Å². The van der Waals surface area contributed by atoms with Crippen molar-refractivity contribution in [1.82, 2.24) is 9.62 Å². The average molecular weight is 417 g/mol. The molecule has 1 N–H and O–H groups in total. The maximum atomic E-state index is 12.4. The molecule has 0 aliphatic carbocycles. The molecular weight excluding hydrogens is 394 g/mol. The van der Waals surface area contributed by atoms with E-state index in [0.717, 1.165) is 5.56 Å². The quantitative estimate of drug-likeness (QED) is 0.735. The molecule has 1 aliphatic rings. The van der Waals surface area contributed by atoms with Gasteiger partial charge in [0.05, 0.1) is 19.1 Å². The molecule has 0 atom stereocenters. The van der Waals surface area contributed by atoms with E-state index in [-0.39, 0.29) is 23.2 Å². The molecular formula is C20H23N3O5S. The number of benzene rings is 2. The highest BCUT2D eigenvalue weighted by molar-refractivity contribution is 7.90. The average Bonchev–Trinajstić information content (AvgIpc) is 3.00. The minimum Gasteiger partial charge on any atom is -0.493 e. The summed E-state index contributed by atoms with van der Waals surface area (Å²) >= 11 is 0. The van der Waals surface area contributed by atoms with Gasteiger partial charge in [0.1, 0.15) is 12.4 Å². The summed E-state index contributed by atoms with van der Waals surface area (Å²) in [6.07, 6.45) is 0.634. The van der Waals surface area contributed by atoms with E-state index in [1.165, 1.54) is 6.07 Å². The van der Waals surface area contributed by atoms with Crippen LogP contribution >= 0.6 is 0 Å². The van der Waals surface area contributed by atoms with E-state index in [9.17, 15) is 13.2 Å². The largest absolute Gasteiger partial charge is 0.493 e. The highest BCUT2D eigenvalue weighted by Gasteiger charge is 2.30. The zero-order valence-electron chi connectivity index (χ0n) is 16.5. The normalized spacial score (nSPS) is 15.5. The summed E-state index contributed by atoms with van der Waals surface area (Å²) in [6, 6.07) is 12.2. The van der Waals surface area contributed by atoms with E-state index in [0.29, 0.717) is 30.0 Å². The van der Waals surface area contributed by atoms with Crippen LogP contribution in [0.3, 0.4) is 0 Å². The second kappa shape index (κ2) is 8.52. The van der Waals surface area contributed by atoms with Crippen molar-refractivity contribution in [3.8, 4) is 11.5 Å². The number of hydrogen-bond acceptors (Lipinski definition) is 6. The van der Waals surface area contributed by atoms with Crippen LogP contribution in [0.25, 0.3) is 0 Å². The number of sulfonamides is 1. The lowest BCUT2D eigenvalue weighted by atomic mass is 10.1. The van der Waals surface area contributed by atoms with Gasteiger partial charge < -0.3 is 14.4 Å². The van der Waals surface area contributed by atoms with Crippen LogP contribution in [0.4, 0.5) is 0 Å². The van der Waals surface area contributed by atoms with Crippen molar-refractivity contribution in [2.45, 2.75) is 11.3 Å². The maximum Gasteiger partial charge on any atom is 0.263 e. The SMILES string of the molecule is COc1ccc(CCN(C)C(=O)CN=C2NS(=O)(=O)c3ccccc32)cc1OC. The predicted molar refractivity (Wildman–Crippen MR) is 109 cm³/mol. The Labute approximate surface area is 170 Å². The number of amides is 1. The monoisotopic (exact) mass is 417 g/mol. The lowest BCUT2D eigenvalue weighted by molar-refractivity contribution is -0.128. The number of aliphatic imine (C=N–C) groups is 1. The Morgan fingerprint density at radius 3 is 2.55 bits per heavy atom. The Morgan fingerprint density at radius 1 is 1.10 bits per heavy atom. The van der Waals surface area contributed by atoms with Crippen LogP contribution in [0.2, 0.25) is 0 Å². The van der Waals surface area contributed by atoms with Crippen LogP contribution < -0.4 is 14.2 Å². The van der Waals surface area contributed by atoms with Crippen molar-refractivity contribution in [2.24, 2.45) is 4.99 Å². The fraction of sp³-hybridized carbons (Fsp3) is 0.300. The van der Waals surface area contributed by atoms with Gasteiger partial charge in [-0.3, -0.25) is 14.5 Å². The Balaban J connectivity index is 1.61. The summed E-state index contributed by atoms with van der Waals surface area (Å²) in [4.78, 5) is 18.3. The van der Waals surface area contributed by atoms with Crippen LogP contribution in [-0.4, -0.2) is 59.4 Å². The highest BCUT2D eigenvalue weighted by atomic mass is 32.2. The third-order valence-corrected chi connectivity index (χ3v) is 6.04. The number of hydrogen-bond donors (Lipinski definition) is 1. The lowest BCUT2D eigenvalue weighted by Gasteiger charge is -2.17. The molecule has 1 aliphatic heterocycles. The van der Waals surface area contributed by atoms with Crippen LogP contribution in [0.1, 0.15) is 11.1 Å². The second-order valence-electron chi connectivity index (χ2n) is 6.52. The number of nitrogens with one attached hydrogen (secondary N) is 1. The number of carbonyl (C=O) groups excluding carboxylic acids is 1. The maximum absolute atomic E-state index is 12.4. The number of fused-ring (bicyclic) bond motifs is 1. The van der Waals surface area contributed by atoms with Crippen LogP contribution in [-0.2, 0) is 21.2 Å². The van der Waals surface area contributed by atoms with Gasteiger partial charge in [-0.1, -0.05) is 18.2 Å². The molecule has 29 heavy (non-hydrogen) atoms. The number of ether oxygens (including phenoxy) is 2. The zero-order chi connectivity index (χ0) is 21.0. The Hall–Kier alpha value is -3.07. The molecule has 0 saturated carbocycles. The molecule has 0 saturated heterocycles. The first-order valence-electron chi connectivity index (χ1n) is 8.97. The molecule has 0 bridgehead atoms. The van der Waals surface area contributed by atoms with Gasteiger partial charge in [-0.05, 0) is 36.2 Å². The van der Waals surface area contributed by atoms with E-state index in [4.69, 9.17) is 9.47 Å². The highest BCUT2D eigenvalue weighted by Crippen LogP contribution is 2.27. The van der Waals surface area contributed by atoms with Crippen molar-refractivity contribution in [1.29, 1.82) is 0 Å². The van der Waals surface area contributed by atoms with Crippen molar-refractivity contribution in [2.75, 3.05) is 34.4 Å². The minimum atomic E-state index is -3.61. The number of methoxy groups -OCH3 is 2. The van der Waals surface area contributed by atoms with E-state index in [1.54, 1.807) is 44.4 Å². The van der Waals surface area contributed by atoms with Gasteiger partial charge in [0.15, 0.2) is 11.5 Å². The van der Waals surface area contributed by atoms with Gasteiger partial charge in [0, 0.05) is 19.2 Å². The number of amidine groups is 1. The molecule has 3 rings (SSSR count). The van der Waals surface area contributed by atoms with Gasteiger partial charge in [-0.2, -0.15) is 0 Å². The molecule has 1 heterocycles. The Kier molecular flexibility index (Phi) is 6.07. The van der Waals surface area contributed by atoms with E-state index < -0.39 is 10.0 Å². The molecule has 8 nitrogen and oxygen atoms in total. The third-order valence-electron chi connectivity index (χ3n) is 4.64. The van der Waals surface area contributed by atoms with Crippen molar-refractivity contribution in [3.05, 3.63) is 53.6 Å². The number of likely N-dealkylation sites (N-methyl/N-ethyl adjacent to an activating group) is 1. The molecule has 0 fully saturated rings. The standard InChI is InChI=1S/C20H23N3O5S/c1-23(11-10-14-8-9-16(27-2)17(12-14)28-3)19(24)13-21-20-15-6-4-5-7-18(15)29(25,26)22-20/h4-9,12H,10-11,13H2,1-3H3,(H,21,22). The van der Waals surface area contributed by atoms with Crippen molar-refractivity contribution >= 4 is 21.8 Å². The summed E-state index contributed by atoms with van der Waals surface area (Å²) in [5.41, 5.74) is 1.49. The Bertz CT molecular complexity index is 1050. The first-order valence-corrected chi connectivity index (χ1v) is 10.5. The summed E-state index contributed by atoms with van der Waals surface area (Å²) in [5, 5.41) is 0. The van der Waals surface area contributed by atoms with E-state index >= 15 is 0 Å². The van der Waals surface area contributed by atoms with Crippen LogP contribution in [0, 0.1) is 0 Å². The molecule has 0 spiro atoms. The third kappa shape index (κ3) is 4.51. The minimum absolute atomic E-state index is 0.144. The summed E-state index contributed by atoms with van der Waals surface area (Å²) < 4.78 is 37.1. The lowest BCUT2D eigenvalue weighted by Crippen LogP contribution is -2.32. The van der Waals surface area contributed by atoms with Gasteiger partial charge >= 0.3 is 0 Å². The molecule has 2 aromatic carbocycles. The number of nitrogens with zero attached hydrogens (tertiary/aromatic N) is 2. The first kappa shape index (κ1) is 20.7. The van der Waals surface area contributed by atoms with Crippen LogP contribution in [0.15, 0.2) is 52.4 Å². The number of carbonyl (C=O) groups is 1. The molecule has 0 radical (unpaired) electrons. The van der Waals surface area contributed by atoms with Crippen molar-refractivity contribution < 1.29 is 22.7 Å². The second-order valence-corrected chi connectivity index (χ2v) is 8.17. The van der Waals surface area contributed by atoms with Crippen LogP contribution in [0.5, 0.6) is 11.5 Å². The summed E-state index contributed by atoms with van der Waals surface area (Å²) in [5.74, 6) is 1.28. The number of rotatable bonds is 7. The fourth-order valence-corrected chi connectivity index (χ4v) is 4.23. The molecule has 0 unspecified atom stereocenters. The van der Waals surface area contributed by atoms with Crippen molar-refractivity contribution in [3.63, 3.8) is 0 Å². The molecule has 0 aromatic heterocycles. The van der Waals surface area contributed by atoms with Gasteiger partial charge in [0.2, 0.25) is 5.91 Å². The molecule has 1 amide bonds. The summed E-state index contributed by atoms with van der Waals surface area (Å²) in [7, 11) is 1.23. The Morgan fingerprint density at radius 2 is 1.83 bits per heavy atom. The van der Waals surface area contributed by atoms with E-state index in [1.807, 2.05) is 18.2 Å². The fourth-order valence-electron chi connectivity index (χ4n) is 2.98. The van der Waals surface area contributed by atoms with Gasteiger partial charge in [-0.15, -0.1) is 0 Å². The summed E-state index contributed by atoms with van der Waals surface area (Å²) in [6.45, 7) is 0.343. The zero-order valence-corrected chi connectivity index (χ0v) is 17.3. The van der Waals surface area contributed by atoms with Gasteiger partial charge in [0.25, 0.3) is 10.0 Å². The molecule has 2 aromatic rings. The topological polar surface area (TPSA) is 97.3 Å². The predicted octanol–water partition coefficient (Wildman–Crippen LogP) is 1.44. The molecule has 9 heteroatoms. The smallest absolute Gasteiger partial charge is 0.263 e. The molecule has 154 valence electrons. The first-order chi connectivity index (χ1) is 13.9.